The molecule has 1 aliphatic heterocycles. The van der Waals surface area contributed by atoms with E-state index in [0.29, 0.717) is 12.0 Å². The minimum Gasteiger partial charge on any atom is -0.395 e. The molecular formula is C25H32FNO3S. The maximum Gasteiger partial charge on any atom is 0.269 e. The van der Waals surface area contributed by atoms with Gasteiger partial charge in [-0.05, 0) is 66.7 Å². The van der Waals surface area contributed by atoms with Gasteiger partial charge in [-0.1, -0.05) is 44.2 Å². The molecule has 4 nitrogen and oxygen atoms in total. The van der Waals surface area contributed by atoms with Crippen molar-refractivity contribution in [3.8, 4) is 0 Å². The van der Waals surface area contributed by atoms with Gasteiger partial charge >= 0.3 is 0 Å². The number of halogens is 1. The minimum absolute atomic E-state index is 0.00997. The normalized spacial score (nSPS) is 25.8. The number of nitrogens with zero attached hydrogens (tertiary/aromatic N) is 1. The number of aliphatic hydroxyl groups excluding tert-OH is 1. The van der Waals surface area contributed by atoms with Crippen LogP contribution in [-0.2, 0) is 5.41 Å². The van der Waals surface area contributed by atoms with Crippen molar-refractivity contribution in [3.63, 3.8) is 0 Å². The molecule has 0 aromatic heterocycles. The quantitative estimate of drug-likeness (QED) is 0.302. The highest BCUT2D eigenvalue weighted by Gasteiger charge is 2.47. The van der Waals surface area contributed by atoms with Crippen molar-refractivity contribution >= 4 is 21.5 Å². The van der Waals surface area contributed by atoms with Gasteiger partial charge in [0.05, 0.1) is 11.5 Å². The number of unbranched alkanes of at least 4 members (excludes halogenated alkanes) is 1. The number of aliphatic hydroxyl groups is 1. The molecule has 2 aromatic carbocycles. The Morgan fingerprint density at radius 3 is 2.65 bits per heavy atom. The third-order valence-electron chi connectivity index (χ3n) is 6.85. The Labute approximate surface area is 186 Å². The second-order valence-corrected chi connectivity index (χ2v) is 10.7. The molecule has 0 fully saturated rings. The van der Waals surface area contributed by atoms with Crippen LogP contribution in [0.15, 0.2) is 47.4 Å². The molecule has 0 saturated carbocycles. The van der Waals surface area contributed by atoms with Gasteiger partial charge in [0.25, 0.3) is 5.69 Å². The van der Waals surface area contributed by atoms with Crippen LogP contribution in [0, 0.1) is 21.3 Å². The Hall–Kier alpha value is -2.05. The number of fused-ring (bicyclic) bond motifs is 1. The summed E-state index contributed by atoms with van der Waals surface area (Å²) in [4.78, 5) is 12.1. The highest BCUT2D eigenvalue weighted by atomic mass is 32.2. The van der Waals surface area contributed by atoms with E-state index in [4.69, 9.17) is 0 Å². The van der Waals surface area contributed by atoms with Crippen LogP contribution in [0.1, 0.15) is 64.0 Å². The van der Waals surface area contributed by atoms with Crippen LogP contribution in [0.2, 0.25) is 0 Å². The Balaban J connectivity index is 2.35. The van der Waals surface area contributed by atoms with Crippen molar-refractivity contribution in [2.75, 3.05) is 12.4 Å². The van der Waals surface area contributed by atoms with E-state index < -0.39 is 10.3 Å². The van der Waals surface area contributed by atoms with Gasteiger partial charge in [-0.3, -0.25) is 10.1 Å². The van der Waals surface area contributed by atoms with Crippen molar-refractivity contribution < 1.29 is 14.4 Å². The van der Waals surface area contributed by atoms with Crippen molar-refractivity contribution in [2.45, 2.75) is 63.2 Å². The van der Waals surface area contributed by atoms with Gasteiger partial charge in [0.1, 0.15) is 5.82 Å². The predicted octanol–water partition coefficient (Wildman–Crippen LogP) is 6.45. The molecule has 6 heteroatoms. The third kappa shape index (κ3) is 4.46. The topological polar surface area (TPSA) is 63.4 Å². The van der Waals surface area contributed by atoms with Crippen LogP contribution in [0.25, 0.3) is 0 Å². The summed E-state index contributed by atoms with van der Waals surface area (Å²) in [5, 5.41) is 24.6. The summed E-state index contributed by atoms with van der Waals surface area (Å²) in [7, 11) is -0.198. The molecule has 2 aromatic rings. The average molecular weight is 446 g/mol. The Morgan fingerprint density at radius 1 is 1.26 bits per heavy atom. The Kier molecular flexibility index (Phi) is 7.32. The average Bonchev–Trinajstić information content (AvgIpc) is 2.91. The standard InChI is InChI=1S/C25H32FNO3S/c1-4-7-13-24(5-2)16-25(17-28,19-9-8-10-21(14-19)27(29)30)22-15-20(26)11-12-23(22)31(6-3)18-24/h6,8-12,14-15,28H,4-5,7,13,16-18H2,1-3H3/t24-,25+,31?/m0/s1. The fourth-order valence-electron chi connectivity index (χ4n) is 5.03. The fourth-order valence-corrected chi connectivity index (χ4v) is 7.50. The maximum atomic E-state index is 14.5. The van der Waals surface area contributed by atoms with Crippen LogP contribution in [0.4, 0.5) is 10.1 Å². The molecule has 0 saturated heterocycles. The summed E-state index contributed by atoms with van der Waals surface area (Å²) in [5.74, 6) is 0.606. The SMILES string of the molecule is C/C=S1/C[C@@](CC)(CCCC)C[C@@](CO)(c2cccc([N+](=O)[O-])c2)c2cc(F)ccc21. The van der Waals surface area contributed by atoms with E-state index in [1.54, 1.807) is 18.2 Å². The first-order valence-corrected chi connectivity index (χ1v) is 12.5. The lowest BCUT2D eigenvalue weighted by atomic mass is 9.63. The van der Waals surface area contributed by atoms with Crippen molar-refractivity contribution in [1.29, 1.82) is 0 Å². The van der Waals surface area contributed by atoms with Gasteiger partial charge in [0, 0.05) is 22.4 Å². The zero-order valence-corrected chi connectivity index (χ0v) is 19.4. The molecular weight excluding hydrogens is 413 g/mol. The summed E-state index contributed by atoms with van der Waals surface area (Å²) in [6.07, 6.45) is 4.76. The number of hydrogen-bond donors (Lipinski definition) is 1. The Bertz CT molecular complexity index is 992. The smallest absolute Gasteiger partial charge is 0.269 e. The molecule has 168 valence electrons. The van der Waals surface area contributed by atoms with Gasteiger partial charge in [0.2, 0.25) is 0 Å². The van der Waals surface area contributed by atoms with Crippen LogP contribution in [-0.4, -0.2) is 27.8 Å². The molecule has 3 rings (SSSR count). The number of rotatable bonds is 7. The van der Waals surface area contributed by atoms with Crippen LogP contribution < -0.4 is 0 Å². The zero-order chi connectivity index (χ0) is 22.6. The van der Waals surface area contributed by atoms with Crippen LogP contribution in [0.5, 0.6) is 0 Å². The first-order chi connectivity index (χ1) is 14.8. The summed E-state index contributed by atoms with van der Waals surface area (Å²) < 4.78 is 14.5. The van der Waals surface area contributed by atoms with Gasteiger partial charge < -0.3 is 5.11 Å². The predicted molar refractivity (Wildman–Crippen MR) is 127 cm³/mol. The summed E-state index contributed by atoms with van der Waals surface area (Å²) in [5.41, 5.74) is 0.506. The summed E-state index contributed by atoms with van der Waals surface area (Å²) in [6.45, 7) is 6.20. The van der Waals surface area contributed by atoms with E-state index in [1.165, 1.54) is 12.1 Å². The Morgan fingerprint density at radius 2 is 2.03 bits per heavy atom. The lowest BCUT2D eigenvalue weighted by Crippen LogP contribution is -2.39. The highest BCUT2D eigenvalue weighted by Crippen LogP contribution is 2.55. The van der Waals surface area contributed by atoms with Crippen molar-refractivity contribution in [3.05, 3.63) is 69.5 Å². The molecule has 31 heavy (non-hydrogen) atoms. The van der Waals surface area contributed by atoms with Crippen molar-refractivity contribution in [2.24, 2.45) is 5.41 Å². The second-order valence-electron chi connectivity index (χ2n) is 8.63. The number of non-ortho nitro benzene ring substituents is 1. The number of nitro benzene ring substituents is 1. The summed E-state index contributed by atoms with van der Waals surface area (Å²) in [6, 6.07) is 11.4. The molecule has 1 aliphatic rings. The molecule has 0 bridgehead atoms. The first kappa shape index (κ1) is 23.6. The lowest BCUT2D eigenvalue weighted by Gasteiger charge is -2.41. The zero-order valence-electron chi connectivity index (χ0n) is 18.6. The molecule has 1 N–H and O–H groups in total. The molecule has 0 amide bonds. The molecule has 0 spiro atoms. The monoisotopic (exact) mass is 445 g/mol. The van der Waals surface area contributed by atoms with Crippen molar-refractivity contribution in [1.82, 2.24) is 0 Å². The maximum absolute atomic E-state index is 14.5. The largest absolute Gasteiger partial charge is 0.395 e. The minimum atomic E-state index is -0.891. The van der Waals surface area contributed by atoms with Gasteiger partial charge in [0.15, 0.2) is 0 Å². The van der Waals surface area contributed by atoms with Crippen LogP contribution >= 0.6 is 10.5 Å². The van der Waals surface area contributed by atoms with E-state index in [2.05, 4.69) is 26.1 Å². The second kappa shape index (κ2) is 9.61. The fraction of sp³-hybridized carbons (Fsp3) is 0.480. The van der Waals surface area contributed by atoms with E-state index >= 15 is 0 Å². The molecule has 0 radical (unpaired) electrons. The van der Waals surface area contributed by atoms with E-state index in [-0.39, 0.29) is 34.0 Å². The molecule has 0 aliphatic carbocycles. The van der Waals surface area contributed by atoms with Crippen LogP contribution in [0.3, 0.4) is 0 Å². The summed E-state index contributed by atoms with van der Waals surface area (Å²) >= 11 is 0. The molecule has 1 unspecified atom stereocenters. The molecule has 1 heterocycles. The number of hydrogen-bond acceptors (Lipinski definition) is 3. The van der Waals surface area contributed by atoms with E-state index in [1.807, 2.05) is 12.1 Å². The number of nitro groups is 1. The van der Waals surface area contributed by atoms with Gasteiger partial charge in [-0.2, -0.15) is 10.5 Å². The van der Waals surface area contributed by atoms with E-state index in [0.717, 1.165) is 41.9 Å². The third-order valence-corrected chi connectivity index (χ3v) is 9.27. The lowest BCUT2D eigenvalue weighted by molar-refractivity contribution is -0.385. The van der Waals surface area contributed by atoms with Gasteiger partial charge in [-0.25, -0.2) is 4.39 Å². The van der Waals surface area contributed by atoms with E-state index in [9.17, 15) is 19.6 Å². The molecule has 3 atom stereocenters. The highest BCUT2D eigenvalue weighted by molar-refractivity contribution is 8.15. The van der Waals surface area contributed by atoms with Gasteiger partial charge in [-0.15, -0.1) is 0 Å². The first-order valence-electron chi connectivity index (χ1n) is 11.0. The number of benzene rings is 2.